The summed E-state index contributed by atoms with van der Waals surface area (Å²) in [5, 5.41) is 2.66. The van der Waals surface area contributed by atoms with Gasteiger partial charge in [-0.15, -0.1) is 13.2 Å². The molecule has 5 nitrogen and oxygen atoms in total. The zero-order valence-electron chi connectivity index (χ0n) is 20.4. The first-order chi connectivity index (χ1) is 15.6. The van der Waals surface area contributed by atoms with E-state index in [0.29, 0.717) is 28.6 Å². The molecule has 0 aliphatic heterocycles. The van der Waals surface area contributed by atoms with Gasteiger partial charge in [-0.1, -0.05) is 12.5 Å². The van der Waals surface area contributed by atoms with E-state index in [0.717, 1.165) is 18.1 Å². The third kappa shape index (κ3) is 7.67. The highest BCUT2D eigenvalue weighted by Gasteiger charge is 2.31. The molecule has 2 rings (SSSR count). The molecule has 1 amide bonds. The molecule has 1 N–H and O–H groups in total. The van der Waals surface area contributed by atoms with Gasteiger partial charge < -0.3 is 14.4 Å². The van der Waals surface area contributed by atoms with Gasteiger partial charge >= 0.3 is 12.5 Å². The van der Waals surface area contributed by atoms with Crippen LogP contribution in [0.3, 0.4) is 0 Å². The van der Waals surface area contributed by atoms with E-state index in [4.69, 9.17) is 4.74 Å². The summed E-state index contributed by atoms with van der Waals surface area (Å²) in [7, 11) is 1.82. The largest absolute Gasteiger partial charge is 0.573 e. The first-order valence-corrected chi connectivity index (χ1v) is 10.7. The second kappa shape index (κ2) is 10.4. The van der Waals surface area contributed by atoms with Crippen LogP contribution in [0.4, 0.5) is 33.7 Å². The number of carbonyl (C=O) groups is 1. The number of ether oxygens (including phenoxy) is 2. The summed E-state index contributed by atoms with van der Waals surface area (Å²) in [5.74, 6) is -1.55. The molecule has 0 radical (unpaired) electrons. The van der Waals surface area contributed by atoms with Crippen LogP contribution < -0.4 is 15.0 Å². The van der Waals surface area contributed by atoms with Crippen LogP contribution in [0.25, 0.3) is 11.1 Å². The Hall–Kier alpha value is -3.23. The second-order valence-corrected chi connectivity index (χ2v) is 8.92. The molecule has 0 bridgehead atoms. The van der Waals surface area contributed by atoms with Crippen LogP contribution in [0.15, 0.2) is 42.1 Å². The van der Waals surface area contributed by atoms with Gasteiger partial charge in [-0.2, -0.15) is 0 Å². The van der Waals surface area contributed by atoms with E-state index in [9.17, 15) is 22.4 Å². The molecule has 0 heterocycles. The van der Waals surface area contributed by atoms with Crippen molar-refractivity contribution in [3.63, 3.8) is 0 Å². The summed E-state index contributed by atoms with van der Waals surface area (Å²) < 4.78 is 61.6. The lowest BCUT2D eigenvalue weighted by atomic mass is 9.97. The maximum Gasteiger partial charge on any atom is 0.573 e. The summed E-state index contributed by atoms with van der Waals surface area (Å²) in [4.78, 5) is 14.2. The van der Waals surface area contributed by atoms with E-state index >= 15 is 0 Å². The van der Waals surface area contributed by atoms with E-state index < -0.39 is 29.6 Å². The van der Waals surface area contributed by atoms with Crippen molar-refractivity contribution >= 4 is 17.5 Å². The molecule has 0 aromatic heterocycles. The van der Waals surface area contributed by atoms with Gasteiger partial charge in [-0.3, -0.25) is 5.32 Å². The minimum absolute atomic E-state index is 0.0608. The van der Waals surface area contributed by atoms with Crippen molar-refractivity contribution < 1.29 is 31.8 Å². The summed E-state index contributed by atoms with van der Waals surface area (Å²) >= 11 is 0. The van der Waals surface area contributed by atoms with Crippen LogP contribution in [0, 0.1) is 12.7 Å². The van der Waals surface area contributed by atoms with Crippen LogP contribution in [-0.2, 0) is 4.74 Å². The zero-order chi connectivity index (χ0) is 25.8. The molecule has 186 valence electrons. The fraction of sp³-hybridized carbons (Fsp3) is 0.400. The number of halogens is 4. The Bertz CT molecular complexity index is 1070. The van der Waals surface area contributed by atoms with Gasteiger partial charge in [0.1, 0.15) is 17.2 Å². The average molecular weight is 483 g/mol. The van der Waals surface area contributed by atoms with Crippen molar-refractivity contribution in [2.75, 3.05) is 17.3 Å². The van der Waals surface area contributed by atoms with E-state index in [-0.39, 0.29) is 5.56 Å². The van der Waals surface area contributed by atoms with Crippen molar-refractivity contribution in [2.24, 2.45) is 0 Å². The molecule has 9 heteroatoms. The number of benzene rings is 2. The van der Waals surface area contributed by atoms with Gasteiger partial charge in [-0.25, -0.2) is 9.18 Å². The Balaban J connectivity index is 2.60. The average Bonchev–Trinajstić information content (AvgIpc) is 2.66. The molecule has 0 saturated carbocycles. The van der Waals surface area contributed by atoms with Crippen molar-refractivity contribution in [3.8, 4) is 16.9 Å². The van der Waals surface area contributed by atoms with Crippen LogP contribution in [0.5, 0.6) is 5.75 Å². The number of carbonyl (C=O) groups excluding carboxylic acids is 1. The highest BCUT2D eigenvalue weighted by atomic mass is 19.4. The lowest BCUT2D eigenvalue weighted by Gasteiger charge is -2.24. The summed E-state index contributed by atoms with van der Waals surface area (Å²) in [6.07, 6.45) is -2.88. The SMILES string of the molecule is CCC(C)=CN(C)c1cc(NC(=O)OC(C)(C)C)cc(-c2ccc(OC(F)(F)F)cc2F)c1C. The van der Waals surface area contributed by atoms with Gasteiger partial charge in [0.15, 0.2) is 0 Å². The molecule has 2 aromatic rings. The number of hydrogen-bond acceptors (Lipinski definition) is 4. The van der Waals surface area contributed by atoms with Crippen LogP contribution >= 0.6 is 0 Å². The van der Waals surface area contributed by atoms with Crippen molar-refractivity contribution in [2.45, 2.75) is 59.9 Å². The zero-order valence-corrected chi connectivity index (χ0v) is 20.4. The predicted octanol–water partition coefficient (Wildman–Crippen LogP) is 7.80. The molecule has 0 spiro atoms. The van der Waals surface area contributed by atoms with Gasteiger partial charge in [0.05, 0.1) is 0 Å². The van der Waals surface area contributed by atoms with Gasteiger partial charge in [0, 0.05) is 36.3 Å². The first-order valence-electron chi connectivity index (χ1n) is 10.7. The number of rotatable bonds is 6. The van der Waals surface area contributed by atoms with Crippen LogP contribution in [0.2, 0.25) is 0 Å². The van der Waals surface area contributed by atoms with Gasteiger partial charge in [-0.05, 0) is 76.4 Å². The molecule has 0 aliphatic carbocycles. The summed E-state index contributed by atoms with van der Waals surface area (Å²) in [5.41, 5.74) is 2.51. The third-order valence-corrected chi connectivity index (χ3v) is 4.84. The fourth-order valence-electron chi connectivity index (χ4n) is 3.24. The van der Waals surface area contributed by atoms with Crippen LogP contribution in [-0.4, -0.2) is 25.1 Å². The number of hydrogen-bond donors (Lipinski definition) is 1. The molecule has 0 aliphatic rings. The highest BCUT2D eigenvalue weighted by Crippen LogP contribution is 2.37. The Morgan fingerprint density at radius 1 is 1.12 bits per heavy atom. The molecule has 0 unspecified atom stereocenters. The fourth-order valence-corrected chi connectivity index (χ4v) is 3.24. The molecule has 0 atom stereocenters. The summed E-state index contributed by atoms with van der Waals surface area (Å²) in [6.45, 7) is 10.9. The van der Waals surface area contributed by atoms with Crippen LogP contribution in [0.1, 0.15) is 46.6 Å². The molecular formula is C25H30F4N2O3. The Morgan fingerprint density at radius 2 is 1.76 bits per heavy atom. The van der Waals surface area contributed by atoms with E-state index in [2.05, 4.69) is 10.1 Å². The van der Waals surface area contributed by atoms with Crippen molar-refractivity contribution in [3.05, 3.63) is 53.5 Å². The van der Waals surface area contributed by atoms with E-state index in [1.54, 1.807) is 39.8 Å². The third-order valence-electron chi connectivity index (χ3n) is 4.84. The maximum absolute atomic E-state index is 14.9. The Morgan fingerprint density at radius 3 is 2.29 bits per heavy atom. The Kier molecular flexibility index (Phi) is 8.23. The Labute approximate surface area is 197 Å². The van der Waals surface area contributed by atoms with E-state index in [1.165, 1.54) is 6.07 Å². The monoisotopic (exact) mass is 482 g/mol. The summed E-state index contributed by atoms with van der Waals surface area (Å²) in [6, 6.07) is 6.22. The maximum atomic E-state index is 14.9. The standard InChI is InChI=1S/C25H30F4N2O3/c1-8-15(2)14-31(7)22-12-17(30-23(32)34-24(4,5)6)11-20(16(22)3)19-10-9-18(13-21(19)26)33-25(27,28)29/h9-14H,8H2,1-7H3,(H,30,32). The second-order valence-electron chi connectivity index (χ2n) is 8.92. The normalized spacial score (nSPS) is 12.4. The van der Waals surface area contributed by atoms with Crippen molar-refractivity contribution in [1.82, 2.24) is 0 Å². The molecular weight excluding hydrogens is 452 g/mol. The highest BCUT2D eigenvalue weighted by molar-refractivity contribution is 5.89. The molecule has 0 fully saturated rings. The number of allylic oxidation sites excluding steroid dienone is 1. The first kappa shape index (κ1) is 27.0. The number of alkyl halides is 3. The minimum atomic E-state index is -4.93. The van der Waals surface area contributed by atoms with Crippen molar-refractivity contribution in [1.29, 1.82) is 0 Å². The topological polar surface area (TPSA) is 50.8 Å². The quantitative estimate of drug-likeness (QED) is 0.427. The number of amides is 1. The lowest BCUT2D eigenvalue weighted by Crippen LogP contribution is -2.27. The molecule has 2 aromatic carbocycles. The van der Waals surface area contributed by atoms with Gasteiger partial charge in [0.25, 0.3) is 0 Å². The molecule has 0 saturated heterocycles. The van der Waals surface area contributed by atoms with E-state index in [1.807, 2.05) is 32.0 Å². The predicted molar refractivity (Wildman–Crippen MR) is 126 cm³/mol. The van der Waals surface area contributed by atoms with Gasteiger partial charge in [0.2, 0.25) is 0 Å². The number of nitrogens with zero attached hydrogens (tertiary/aromatic N) is 1. The number of anilines is 2. The molecule has 34 heavy (non-hydrogen) atoms. The smallest absolute Gasteiger partial charge is 0.444 e. The minimum Gasteiger partial charge on any atom is -0.444 e. The lowest BCUT2D eigenvalue weighted by molar-refractivity contribution is -0.274. The number of nitrogens with one attached hydrogen (secondary N) is 1.